The summed E-state index contributed by atoms with van der Waals surface area (Å²) < 4.78 is 59.9. The number of rotatable bonds is 5. The highest BCUT2D eigenvalue weighted by Gasteiger charge is 2.35. The summed E-state index contributed by atoms with van der Waals surface area (Å²) in [5, 5.41) is 3.97. The van der Waals surface area contributed by atoms with Gasteiger partial charge < -0.3 is 4.52 Å². The van der Waals surface area contributed by atoms with E-state index in [1.165, 1.54) is 0 Å². The van der Waals surface area contributed by atoms with Gasteiger partial charge in [0.1, 0.15) is 11.6 Å². The molecule has 1 fully saturated rings. The van der Waals surface area contributed by atoms with E-state index < -0.39 is 26.6 Å². The van der Waals surface area contributed by atoms with E-state index in [9.17, 15) is 17.2 Å². The standard InChI is InChI=1S/C19H19F2N5O3S/c1-13(19-23-18(24-29-19)14-4-3-7-22-12-14)25-8-10-26(11-9-25)30(27,28)17-15(20)5-2-6-16(17)21/h2-7,12-13H,8-11H2,1H3. The summed E-state index contributed by atoms with van der Waals surface area (Å²) in [7, 11) is -4.27. The van der Waals surface area contributed by atoms with Crippen molar-refractivity contribution in [3.63, 3.8) is 0 Å². The first-order valence-corrected chi connectivity index (χ1v) is 10.7. The molecule has 0 spiro atoms. The van der Waals surface area contributed by atoms with Gasteiger partial charge in [-0.2, -0.15) is 9.29 Å². The molecule has 8 nitrogen and oxygen atoms in total. The lowest BCUT2D eigenvalue weighted by Crippen LogP contribution is -2.49. The Bertz CT molecular complexity index is 1110. The number of benzene rings is 1. The Morgan fingerprint density at radius 2 is 1.77 bits per heavy atom. The van der Waals surface area contributed by atoms with Crippen molar-refractivity contribution >= 4 is 10.0 Å². The molecule has 0 saturated carbocycles. The molecule has 158 valence electrons. The second-order valence-electron chi connectivity index (χ2n) is 6.86. The maximum Gasteiger partial charge on any atom is 0.249 e. The summed E-state index contributed by atoms with van der Waals surface area (Å²) in [5.74, 6) is -1.38. The zero-order valence-corrected chi connectivity index (χ0v) is 16.9. The minimum atomic E-state index is -4.27. The monoisotopic (exact) mass is 435 g/mol. The number of nitrogens with zero attached hydrogens (tertiary/aromatic N) is 5. The normalized spacial score (nSPS) is 17.2. The fraction of sp³-hybridized carbons (Fsp3) is 0.316. The quantitative estimate of drug-likeness (QED) is 0.608. The SMILES string of the molecule is CC(c1nc(-c2cccnc2)no1)N1CCN(S(=O)(=O)c2c(F)cccc2F)CC1. The lowest BCUT2D eigenvalue weighted by atomic mass is 10.2. The van der Waals surface area contributed by atoms with Gasteiger partial charge in [0.25, 0.3) is 0 Å². The first kappa shape index (κ1) is 20.5. The molecule has 0 N–H and O–H groups in total. The van der Waals surface area contributed by atoms with E-state index in [0.717, 1.165) is 28.1 Å². The van der Waals surface area contributed by atoms with Crippen molar-refractivity contribution in [2.45, 2.75) is 17.9 Å². The van der Waals surface area contributed by atoms with Gasteiger partial charge in [0.15, 0.2) is 4.90 Å². The molecule has 1 atom stereocenters. The number of halogens is 2. The van der Waals surface area contributed by atoms with E-state index in [4.69, 9.17) is 4.52 Å². The molecule has 0 bridgehead atoms. The zero-order valence-electron chi connectivity index (χ0n) is 16.1. The molecule has 1 saturated heterocycles. The molecule has 1 aliphatic heterocycles. The third-order valence-electron chi connectivity index (χ3n) is 5.06. The third-order valence-corrected chi connectivity index (χ3v) is 7.01. The zero-order chi connectivity index (χ0) is 21.3. The van der Waals surface area contributed by atoms with Crippen LogP contribution in [0.25, 0.3) is 11.4 Å². The van der Waals surface area contributed by atoms with Gasteiger partial charge in [-0.25, -0.2) is 17.2 Å². The largest absolute Gasteiger partial charge is 0.337 e. The number of piperazine rings is 1. The van der Waals surface area contributed by atoms with Crippen LogP contribution in [0.5, 0.6) is 0 Å². The van der Waals surface area contributed by atoms with Crippen LogP contribution < -0.4 is 0 Å². The van der Waals surface area contributed by atoms with Gasteiger partial charge in [-0.1, -0.05) is 11.2 Å². The molecule has 30 heavy (non-hydrogen) atoms. The lowest BCUT2D eigenvalue weighted by Gasteiger charge is -2.36. The van der Waals surface area contributed by atoms with Crippen molar-refractivity contribution in [1.82, 2.24) is 24.3 Å². The summed E-state index contributed by atoms with van der Waals surface area (Å²) in [6.07, 6.45) is 3.28. The molecule has 2 aromatic heterocycles. The fourth-order valence-corrected chi connectivity index (χ4v) is 4.89. The molecule has 0 radical (unpaired) electrons. The lowest BCUT2D eigenvalue weighted by molar-refractivity contribution is 0.124. The Balaban J connectivity index is 1.45. The molecule has 3 heterocycles. The first-order chi connectivity index (χ1) is 14.4. The van der Waals surface area contributed by atoms with Gasteiger partial charge in [-0.05, 0) is 31.2 Å². The van der Waals surface area contributed by atoms with Crippen molar-refractivity contribution < 1.29 is 21.7 Å². The van der Waals surface area contributed by atoms with E-state index in [1.807, 2.05) is 17.9 Å². The van der Waals surface area contributed by atoms with E-state index in [-0.39, 0.29) is 19.1 Å². The van der Waals surface area contributed by atoms with Crippen LogP contribution in [0.15, 0.2) is 52.1 Å². The highest BCUT2D eigenvalue weighted by atomic mass is 32.2. The molecule has 11 heteroatoms. The van der Waals surface area contributed by atoms with Crippen LogP contribution in [-0.4, -0.2) is 58.9 Å². The van der Waals surface area contributed by atoms with Gasteiger partial charge in [-0.15, -0.1) is 0 Å². The molecule has 1 aromatic carbocycles. The summed E-state index contributed by atoms with van der Waals surface area (Å²) in [6.45, 7) is 2.75. The Morgan fingerprint density at radius 3 is 2.40 bits per heavy atom. The summed E-state index contributed by atoms with van der Waals surface area (Å²) in [5.41, 5.74) is 0.725. The smallest absolute Gasteiger partial charge is 0.249 e. The number of aromatic nitrogens is 3. The van der Waals surface area contributed by atoms with Crippen LogP contribution in [0.3, 0.4) is 0 Å². The first-order valence-electron chi connectivity index (χ1n) is 9.30. The average Bonchev–Trinajstić information content (AvgIpc) is 3.24. The maximum atomic E-state index is 14.0. The van der Waals surface area contributed by atoms with Gasteiger partial charge in [-0.3, -0.25) is 9.88 Å². The van der Waals surface area contributed by atoms with E-state index >= 15 is 0 Å². The van der Waals surface area contributed by atoms with E-state index in [2.05, 4.69) is 15.1 Å². The number of hydrogen-bond donors (Lipinski definition) is 0. The molecule has 3 aromatic rings. The van der Waals surface area contributed by atoms with Crippen LogP contribution in [0.2, 0.25) is 0 Å². The van der Waals surface area contributed by atoms with Crippen LogP contribution >= 0.6 is 0 Å². The third kappa shape index (κ3) is 3.83. The second kappa shape index (κ2) is 8.17. The summed E-state index contributed by atoms with van der Waals surface area (Å²) >= 11 is 0. The van der Waals surface area contributed by atoms with Gasteiger partial charge in [0.05, 0.1) is 6.04 Å². The van der Waals surface area contributed by atoms with E-state index in [1.54, 1.807) is 18.5 Å². The molecule has 1 aliphatic rings. The molecule has 1 unspecified atom stereocenters. The Morgan fingerprint density at radius 1 is 1.07 bits per heavy atom. The Hall–Kier alpha value is -2.76. The number of sulfonamides is 1. The average molecular weight is 435 g/mol. The Kier molecular flexibility index (Phi) is 5.58. The van der Waals surface area contributed by atoms with Gasteiger partial charge in [0, 0.05) is 44.1 Å². The van der Waals surface area contributed by atoms with E-state index in [0.29, 0.717) is 24.8 Å². The van der Waals surface area contributed by atoms with Gasteiger partial charge in [0.2, 0.25) is 21.7 Å². The predicted octanol–water partition coefficient (Wildman–Crippen LogP) is 2.48. The summed E-state index contributed by atoms with van der Waals surface area (Å²) in [4.78, 5) is 9.49. The minimum absolute atomic E-state index is 0.0873. The molecule has 0 aliphatic carbocycles. The van der Waals surface area contributed by atoms with Crippen molar-refractivity contribution in [2.24, 2.45) is 0 Å². The minimum Gasteiger partial charge on any atom is -0.337 e. The highest BCUT2D eigenvalue weighted by Crippen LogP contribution is 2.27. The molecular weight excluding hydrogens is 416 g/mol. The van der Waals surface area contributed by atoms with Crippen molar-refractivity contribution in [3.8, 4) is 11.4 Å². The predicted molar refractivity (Wildman–Crippen MR) is 103 cm³/mol. The maximum absolute atomic E-state index is 14.0. The van der Waals surface area contributed by atoms with Crippen LogP contribution in [0.1, 0.15) is 18.9 Å². The topological polar surface area (TPSA) is 92.4 Å². The number of pyridine rings is 1. The van der Waals surface area contributed by atoms with Crippen molar-refractivity contribution in [2.75, 3.05) is 26.2 Å². The van der Waals surface area contributed by atoms with Crippen molar-refractivity contribution in [3.05, 3.63) is 60.3 Å². The Labute approximate surface area is 172 Å². The number of hydrogen-bond acceptors (Lipinski definition) is 7. The second-order valence-corrected chi connectivity index (χ2v) is 8.74. The highest BCUT2D eigenvalue weighted by molar-refractivity contribution is 7.89. The van der Waals surface area contributed by atoms with Crippen LogP contribution in [-0.2, 0) is 10.0 Å². The van der Waals surface area contributed by atoms with Crippen molar-refractivity contribution in [1.29, 1.82) is 0 Å². The molecular formula is C19H19F2N5O3S. The van der Waals surface area contributed by atoms with Crippen LogP contribution in [0.4, 0.5) is 8.78 Å². The summed E-state index contributed by atoms with van der Waals surface area (Å²) in [6, 6.07) is 6.34. The fourth-order valence-electron chi connectivity index (χ4n) is 3.36. The van der Waals surface area contributed by atoms with Crippen LogP contribution in [0, 0.1) is 11.6 Å². The van der Waals surface area contributed by atoms with Gasteiger partial charge >= 0.3 is 0 Å². The molecule has 0 amide bonds. The molecule has 4 rings (SSSR count).